The van der Waals surface area contributed by atoms with Crippen LogP contribution in [0.15, 0.2) is 0 Å². The van der Waals surface area contributed by atoms with Crippen LogP contribution in [0.25, 0.3) is 0 Å². The highest BCUT2D eigenvalue weighted by atomic mass is 16.5. The molecule has 2 N–H and O–H groups in total. The Morgan fingerprint density at radius 1 is 1.54 bits per heavy atom. The lowest BCUT2D eigenvalue weighted by molar-refractivity contribution is -0.128. The average molecular weight is 185 g/mol. The molecule has 1 fully saturated rings. The highest BCUT2D eigenvalue weighted by Gasteiger charge is 2.40. The SMILES string of the molecule is CCC(CC)C(=O)C1(N)CCOC1. The van der Waals surface area contributed by atoms with E-state index in [4.69, 9.17) is 10.5 Å². The van der Waals surface area contributed by atoms with E-state index in [1.165, 1.54) is 0 Å². The van der Waals surface area contributed by atoms with E-state index in [-0.39, 0.29) is 11.7 Å². The van der Waals surface area contributed by atoms with E-state index in [0.717, 1.165) is 12.8 Å². The number of hydrogen-bond acceptors (Lipinski definition) is 3. The summed E-state index contributed by atoms with van der Waals surface area (Å²) in [6.07, 6.45) is 2.45. The summed E-state index contributed by atoms with van der Waals surface area (Å²) in [5.74, 6) is 0.307. The first kappa shape index (κ1) is 10.7. The third kappa shape index (κ3) is 2.09. The lowest BCUT2D eigenvalue weighted by atomic mass is 9.83. The van der Waals surface area contributed by atoms with Gasteiger partial charge in [-0.05, 0) is 19.3 Å². The Balaban J connectivity index is 2.64. The first-order chi connectivity index (χ1) is 6.14. The second-order valence-electron chi connectivity index (χ2n) is 3.84. The van der Waals surface area contributed by atoms with E-state index in [2.05, 4.69) is 0 Å². The van der Waals surface area contributed by atoms with Crippen molar-refractivity contribution < 1.29 is 9.53 Å². The van der Waals surface area contributed by atoms with Gasteiger partial charge in [0.15, 0.2) is 5.78 Å². The Hall–Kier alpha value is -0.410. The topological polar surface area (TPSA) is 52.3 Å². The smallest absolute Gasteiger partial charge is 0.158 e. The summed E-state index contributed by atoms with van der Waals surface area (Å²) in [5.41, 5.74) is 5.30. The van der Waals surface area contributed by atoms with E-state index >= 15 is 0 Å². The van der Waals surface area contributed by atoms with Crippen LogP contribution in [0.2, 0.25) is 0 Å². The first-order valence-electron chi connectivity index (χ1n) is 5.05. The third-order valence-electron chi connectivity index (χ3n) is 2.90. The minimum absolute atomic E-state index is 0.117. The van der Waals surface area contributed by atoms with Crippen molar-refractivity contribution in [1.29, 1.82) is 0 Å². The molecule has 1 atom stereocenters. The minimum atomic E-state index is -0.684. The minimum Gasteiger partial charge on any atom is -0.379 e. The molecule has 0 aromatic heterocycles. The van der Waals surface area contributed by atoms with Crippen molar-refractivity contribution in [3.63, 3.8) is 0 Å². The van der Waals surface area contributed by atoms with E-state index < -0.39 is 5.54 Å². The molecule has 1 unspecified atom stereocenters. The fourth-order valence-electron chi connectivity index (χ4n) is 1.84. The Morgan fingerprint density at radius 2 is 2.15 bits per heavy atom. The summed E-state index contributed by atoms with van der Waals surface area (Å²) in [4.78, 5) is 11.9. The van der Waals surface area contributed by atoms with Crippen molar-refractivity contribution in [2.75, 3.05) is 13.2 Å². The fraction of sp³-hybridized carbons (Fsp3) is 0.900. The number of hydrogen-bond donors (Lipinski definition) is 1. The zero-order valence-corrected chi connectivity index (χ0v) is 8.51. The monoisotopic (exact) mass is 185 g/mol. The van der Waals surface area contributed by atoms with Crippen molar-refractivity contribution in [2.45, 2.75) is 38.6 Å². The maximum atomic E-state index is 11.9. The normalized spacial score (nSPS) is 28.3. The van der Waals surface area contributed by atoms with Gasteiger partial charge in [0, 0.05) is 12.5 Å². The van der Waals surface area contributed by atoms with E-state index in [0.29, 0.717) is 19.6 Å². The molecule has 13 heavy (non-hydrogen) atoms. The number of rotatable bonds is 4. The molecule has 1 heterocycles. The quantitative estimate of drug-likeness (QED) is 0.713. The molecule has 76 valence electrons. The van der Waals surface area contributed by atoms with Crippen molar-refractivity contribution in [1.82, 2.24) is 0 Å². The van der Waals surface area contributed by atoms with Crippen LogP contribution in [0.5, 0.6) is 0 Å². The van der Waals surface area contributed by atoms with Crippen LogP contribution >= 0.6 is 0 Å². The van der Waals surface area contributed by atoms with Gasteiger partial charge in [-0.2, -0.15) is 0 Å². The van der Waals surface area contributed by atoms with Gasteiger partial charge in [-0.3, -0.25) is 4.79 Å². The summed E-state index contributed by atoms with van der Waals surface area (Å²) >= 11 is 0. The molecular formula is C10H19NO2. The van der Waals surface area contributed by atoms with Crippen molar-refractivity contribution in [3.05, 3.63) is 0 Å². The van der Waals surface area contributed by atoms with Crippen LogP contribution in [0, 0.1) is 5.92 Å². The predicted molar refractivity (Wildman–Crippen MR) is 51.4 cm³/mol. The summed E-state index contributed by atoms with van der Waals surface area (Å²) in [6, 6.07) is 0. The average Bonchev–Trinajstić information content (AvgIpc) is 2.55. The van der Waals surface area contributed by atoms with Gasteiger partial charge in [0.1, 0.15) is 5.54 Å². The standard InChI is InChI=1S/C10H19NO2/c1-3-8(4-2)9(12)10(11)5-6-13-7-10/h8H,3-7,11H2,1-2H3. The second-order valence-corrected chi connectivity index (χ2v) is 3.84. The molecule has 0 radical (unpaired) electrons. The van der Waals surface area contributed by atoms with Crippen LogP contribution in [0.1, 0.15) is 33.1 Å². The molecule has 0 saturated carbocycles. The van der Waals surface area contributed by atoms with Gasteiger partial charge in [0.05, 0.1) is 6.61 Å². The van der Waals surface area contributed by atoms with Crippen molar-refractivity contribution in [3.8, 4) is 0 Å². The molecule has 1 saturated heterocycles. The Bertz CT molecular complexity index is 181. The Kier molecular flexibility index (Phi) is 3.45. The van der Waals surface area contributed by atoms with Gasteiger partial charge in [-0.15, -0.1) is 0 Å². The highest BCUT2D eigenvalue weighted by molar-refractivity contribution is 5.90. The predicted octanol–water partition coefficient (Wildman–Crippen LogP) is 1.11. The van der Waals surface area contributed by atoms with Gasteiger partial charge >= 0.3 is 0 Å². The largest absolute Gasteiger partial charge is 0.379 e. The lowest BCUT2D eigenvalue weighted by Crippen LogP contribution is -2.51. The number of Topliss-reactive ketones (excluding diaryl/α,β-unsaturated/α-hetero) is 1. The molecule has 0 bridgehead atoms. The molecule has 0 aromatic carbocycles. The van der Waals surface area contributed by atoms with E-state index in [9.17, 15) is 4.79 Å². The van der Waals surface area contributed by atoms with Crippen molar-refractivity contribution >= 4 is 5.78 Å². The molecule has 1 aliphatic rings. The van der Waals surface area contributed by atoms with Gasteiger partial charge in [0.2, 0.25) is 0 Å². The number of ketones is 1. The first-order valence-corrected chi connectivity index (χ1v) is 5.05. The van der Waals surface area contributed by atoms with Gasteiger partial charge < -0.3 is 10.5 Å². The van der Waals surface area contributed by atoms with Gasteiger partial charge in [-0.1, -0.05) is 13.8 Å². The zero-order valence-electron chi connectivity index (χ0n) is 8.51. The maximum absolute atomic E-state index is 11.9. The number of ether oxygens (including phenoxy) is 1. The third-order valence-corrected chi connectivity index (χ3v) is 2.90. The number of nitrogens with two attached hydrogens (primary N) is 1. The van der Waals surface area contributed by atoms with E-state index in [1.807, 2.05) is 13.8 Å². The molecule has 3 nitrogen and oxygen atoms in total. The van der Waals surface area contributed by atoms with Gasteiger partial charge in [-0.25, -0.2) is 0 Å². The van der Waals surface area contributed by atoms with Crippen LogP contribution in [-0.4, -0.2) is 24.5 Å². The van der Waals surface area contributed by atoms with E-state index in [1.54, 1.807) is 0 Å². The Labute approximate surface area is 79.6 Å². The molecule has 0 amide bonds. The fourth-order valence-corrected chi connectivity index (χ4v) is 1.84. The van der Waals surface area contributed by atoms with Crippen LogP contribution in [0.4, 0.5) is 0 Å². The second kappa shape index (κ2) is 4.20. The van der Waals surface area contributed by atoms with Gasteiger partial charge in [0.25, 0.3) is 0 Å². The summed E-state index contributed by atoms with van der Waals surface area (Å²) < 4.78 is 5.17. The highest BCUT2D eigenvalue weighted by Crippen LogP contribution is 2.23. The van der Waals surface area contributed by atoms with Crippen LogP contribution in [-0.2, 0) is 9.53 Å². The van der Waals surface area contributed by atoms with Crippen LogP contribution < -0.4 is 5.73 Å². The number of carbonyl (C=O) groups is 1. The molecular weight excluding hydrogens is 166 g/mol. The molecule has 1 aliphatic heterocycles. The number of carbonyl (C=O) groups excluding carboxylic acids is 1. The zero-order chi connectivity index (χ0) is 9.90. The molecule has 1 rings (SSSR count). The van der Waals surface area contributed by atoms with Crippen LogP contribution in [0.3, 0.4) is 0 Å². The molecule has 0 aromatic rings. The lowest BCUT2D eigenvalue weighted by Gasteiger charge is -2.24. The molecule has 0 aliphatic carbocycles. The summed E-state index contributed by atoms with van der Waals surface area (Å²) in [7, 11) is 0. The molecule has 0 spiro atoms. The Morgan fingerprint density at radius 3 is 2.54 bits per heavy atom. The van der Waals surface area contributed by atoms with Crippen molar-refractivity contribution in [2.24, 2.45) is 11.7 Å². The molecule has 3 heteroatoms. The summed E-state index contributed by atoms with van der Waals surface area (Å²) in [6.45, 7) is 5.10. The summed E-state index contributed by atoms with van der Waals surface area (Å²) in [5, 5.41) is 0. The maximum Gasteiger partial charge on any atom is 0.158 e.